The maximum atomic E-state index is 13.1. The average Bonchev–Trinajstić information content (AvgIpc) is 3.39. The molecular weight excluding hydrogens is 434 g/mol. The van der Waals surface area contributed by atoms with Crippen molar-refractivity contribution in [2.75, 3.05) is 50.7 Å². The first-order valence-corrected chi connectivity index (χ1v) is 13.6. The summed E-state index contributed by atoms with van der Waals surface area (Å²) in [4.78, 5) is 26.9. The summed E-state index contributed by atoms with van der Waals surface area (Å²) >= 11 is 0. The SMILES string of the molecule is C[C@H](CN1CCc2ccccc2C1)CN1CCN(Cc2ccc(N3CC4CCC(C4)C3)nc2)C1=O. The smallest absolute Gasteiger partial charge is 0.320 e. The van der Waals surface area contributed by atoms with Crippen molar-refractivity contribution in [3.8, 4) is 0 Å². The third-order valence-corrected chi connectivity index (χ3v) is 8.61. The van der Waals surface area contributed by atoms with Crippen molar-refractivity contribution in [3.63, 3.8) is 0 Å². The summed E-state index contributed by atoms with van der Waals surface area (Å²) in [7, 11) is 0. The van der Waals surface area contributed by atoms with Crippen LogP contribution in [0.15, 0.2) is 42.6 Å². The lowest BCUT2D eigenvalue weighted by Crippen LogP contribution is -2.39. The lowest BCUT2D eigenvalue weighted by molar-refractivity contribution is 0.170. The van der Waals surface area contributed by atoms with Crippen LogP contribution in [-0.2, 0) is 19.5 Å². The summed E-state index contributed by atoms with van der Waals surface area (Å²) in [5, 5.41) is 0. The third kappa shape index (κ3) is 5.04. The largest absolute Gasteiger partial charge is 0.356 e. The zero-order chi connectivity index (χ0) is 23.8. The summed E-state index contributed by atoms with van der Waals surface area (Å²) in [5.41, 5.74) is 4.08. The summed E-state index contributed by atoms with van der Waals surface area (Å²) in [5.74, 6) is 3.28. The van der Waals surface area contributed by atoms with Crippen molar-refractivity contribution in [3.05, 3.63) is 59.3 Å². The summed E-state index contributed by atoms with van der Waals surface area (Å²) in [6, 6.07) is 13.3. The first kappa shape index (κ1) is 22.8. The minimum Gasteiger partial charge on any atom is -0.356 e. The van der Waals surface area contributed by atoms with E-state index >= 15 is 0 Å². The van der Waals surface area contributed by atoms with Gasteiger partial charge in [0.15, 0.2) is 0 Å². The molecule has 6 heteroatoms. The first-order valence-electron chi connectivity index (χ1n) is 13.6. The molecule has 0 spiro atoms. The number of aromatic nitrogens is 1. The van der Waals surface area contributed by atoms with Gasteiger partial charge in [0, 0.05) is 65.1 Å². The van der Waals surface area contributed by atoms with E-state index in [-0.39, 0.29) is 6.03 Å². The molecule has 2 bridgehead atoms. The second kappa shape index (κ2) is 9.81. The molecule has 0 N–H and O–H groups in total. The van der Waals surface area contributed by atoms with Crippen LogP contribution in [0.5, 0.6) is 0 Å². The Hall–Kier alpha value is -2.60. The molecule has 35 heavy (non-hydrogen) atoms. The fraction of sp³-hybridized carbons (Fsp3) is 0.586. The van der Waals surface area contributed by atoms with Crippen molar-refractivity contribution in [1.29, 1.82) is 0 Å². The highest BCUT2D eigenvalue weighted by Crippen LogP contribution is 2.37. The molecule has 2 unspecified atom stereocenters. The van der Waals surface area contributed by atoms with Crippen molar-refractivity contribution in [1.82, 2.24) is 19.7 Å². The maximum absolute atomic E-state index is 13.1. The Bertz CT molecular complexity index is 1030. The first-order chi connectivity index (χ1) is 17.1. The van der Waals surface area contributed by atoms with Crippen LogP contribution in [0.1, 0.15) is 42.9 Å². The van der Waals surface area contributed by atoms with Crippen molar-refractivity contribution in [2.24, 2.45) is 17.8 Å². The third-order valence-electron chi connectivity index (χ3n) is 8.61. The number of anilines is 1. The molecule has 3 fully saturated rings. The molecule has 3 atom stereocenters. The standard InChI is InChI=1S/C29H39N5O/c1-22(16-31-11-10-26-4-2-3-5-27(26)21-31)17-32-12-13-33(29(32)35)20-25-8-9-28(30-15-25)34-18-23-6-7-24(14-23)19-34/h2-5,8-9,15,22-24H,6-7,10-14,16-21H2,1H3/t22-,23?,24?/m1/s1. The van der Waals surface area contributed by atoms with Gasteiger partial charge in [0.25, 0.3) is 0 Å². The average molecular weight is 474 g/mol. The molecule has 0 radical (unpaired) electrons. The highest BCUT2D eigenvalue weighted by molar-refractivity contribution is 5.76. The molecule has 3 aliphatic heterocycles. The number of pyridine rings is 1. The van der Waals surface area contributed by atoms with Crippen LogP contribution in [0.4, 0.5) is 10.6 Å². The lowest BCUT2D eigenvalue weighted by atomic mass is 9.99. The summed E-state index contributed by atoms with van der Waals surface area (Å²) < 4.78 is 0. The monoisotopic (exact) mass is 473 g/mol. The number of nitrogens with zero attached hydrogens (tertiary/aromatic N) is 5. The number of carbonyl (C=O) groups is 1. The van der Waals surface area contributed by atoms with Crippen LogP contribution in [-0.4, -0.2) is 71.5 Å². The van der Waals surface area contributed by atoms with Gasteiger partial charge in [-0.05, 0) is 66.2 Å². The molecule has 1 aromatic heterocycles. The normalized spacial score (nSPS) is 25.3. The molecule has 186 valence electrons. The van der Waals surface area contributed by atoms with Gasteiger partial charge in [0.1, 0.15) is 5.82 Å². The van der Waals surface area contributed by atoms with Gasteiger partial charge >= 0.3 is 6.03 Å². The Morgan fingerprint density at radius 3 is 2.49 bits per heavy atom. The van der Waals surface area contributed by atoms with Gasteiger partial charge in [-0.3, -0.25) is 4.90 Å². The molecule has 6 rings (SSSR count). The van der Waals surface area contributed by atoms with Crippen molar-refractivity contribution in [2.45, 2.75) is 45.7 Å². The molecule has 2 aromatic rings. The summed E-state index contributed by atoms with van der Waals surface area (Å²) in [6.07, 6.45) is 7.30. The number of benzene rings is 1. The Kier molecular flexibility index (Phi) is 6.40. The Morgan fingerprint density at radius 1 is 0.943 bits per heavy atom. The van der Waals surface area contributed by atoms with E-state index in [1.54, 1.807) is 0 Å². The van der Waals surface area contributed by atoms with Crippen LogP contribution < -0.4 is 4.90 Å². The number of hydrogen-bond donors (Lipinski definition) is 0. The Balaban J connectivity index is 0.987. The highest BCUT2D eigenvalue weighted by atomic mass is 16.2. The van der Waals surface area contributed by atoms with Crippen LogP contribution >= 0.6 is 0 Å². The van der Waals surface area contributed by atoms with Crippen LogP contribution in [0.3, 0.4) is 0 Å². The molecule has 1 aromatic carbocycles. The molecule has 1 aliphatic carbocycles. The predicted molar refractivity (Wildman–Crippen MR) is 139 cm³/mol. The van der Waals surface area contributed by atoms with Gasteiger partial charge in [-0.15, -0.1) is 0 Å². The van der Waals surface area contributed by atoms with Gasteiger partial charge in [-0.1, -0.05) is 37.3 Å². The zero-order valence-corrected chi connectivity index (χ0v) is 21.1. The van der Waals surface area contributed by atoms with E-state index in [2.05, 4.69) is 53.1 Å². The second-order valence-electron chi connectivity index (χ2n) is 11.5. The fourth-order valence-electron chi connectivity index (χ4n) is 6.85. The molecule has 6 nitrogen and oxygen atoms in total. The number of fused-ring (bicyclic) bond motifs is 3. The van der Waals surface area contributed by atoms with Crippen molar-refractivity contribution < 1.29 is 4.79 Å². The number of hydrogen-bond acceptors (Lipinski definition) is 4. The van der Waals surface area contributed by atoms with E-state index < -0.39 is 0 Å². The van der Waals surface area contributed by atoms with Crippen LogP contribution in [0, 0.1) is 17.8 Å². The van der Waals surface area contributed by atoms with Gasteiger partial charge in [-0.2, -0.15) is 0 Å². The fourth-order valence-corrected chi connectivity index (χ4v) is 6.85. The molecule has 2 amide bonds. The molecule has 4 aliphatic rings. The number of rotatable bonds is 7. The second-order valence-corrected chi connectivity index (χ2v) is 11.5. The van der Waals surface area contributed by atoms with E-state index in [0.29, 0.717) is 12.5 Å². The van der Waals surface area contributed by atoms with Crippen LogP contribution in [0.2, 0.25) is 0 Å². The molecule has 4 heterocycles. The minimum absolute atomic E-state index is 0.178. The number of urea groups is 1. The topological polar surface area (TPSA) is 42.9 Å². The van der Waals surface area contributed by atoms with Crippen molar-refractivity contribution >= 4 is 11.8 Å². The van der Waals surface area contributed by atoms with E-state index in [9.17, 15) is 4.79 Å². The number of amides is 2. The van der Waals surface area contributed by atoms with E-state index in [1.165, 1.54) is 30.4 Å². The van der Waals surface area contributed by atoms with E-state index in [4.69, 9.17) is 4.98 Å². The van der Waals surface area contributed by atoms with Gasteiger partial charge in [0.2, 0.25) is 0 Å². The predicted octanol–water partition coefficient (Wildman–Crippen LogP) is 4.25. The number of piperidine rings is 1. The minimum atomic E-state index is 0.178. The lowest BCUT2D eigenvalue weighted by Gasteiger charge is -2.32. The molecular formula is C29H39N5O. The zero-order valence-electron chi connectivity index (χ0n) is 21.1. The molecule has 1 saturated carbocycles. The number of carbonyl (C=O) groups excluding carboxylic acids is 1. The highest BCUT2D eigenvalue weighted by Gasteiger charge is 2.33. The molecule has 2 saturated heterocycles. The quantitative estimate of drug-likeness (QED) is 0.603. The van der Waals surface area contributed by atoms with Crippen LogP contribution in [0.25, 0.3) is 0 Å². The Labute approximate surface area is 209 Å². The van der Waals surface area contributed by atoms with Gasteiger partial charge in [0.05, 0.1) is 0 Å². The van der Waals surface area contributed by atoms with Gasteiger partial charge in [-0.25, -0.2) is 9.78 Å². The van der Waals surface area contributed by atoms with E-state index in [1.807, 2.05) is 16.0 Å². The van der Waals surface area contributed by atoms with E-state index in [0.717, 1.165) is 82.0 Å². The van der Waals surface area contributed by atoms with Gasteiger partial charge < -0.3 is 14.7 Å². The maximum Gasteiger partial charge on any atom is 0.320 e. The Morgan fingerprint density at radius 2 is 1.71 bits per heavy atom. The summed E-state index contributed by atoms with van der Waals surface area (Å²) in [6.45, 7) is 10.9.